The molecular formula is C27H40N6. The first-order chi connectivity index (χ1) is 15.8. The smallest absolute Gasteiger partial charge is 0.162 e. The Bertz CT molecular complexity index is 970. The molecule has 2 aliphatic heterocycles. The Balaban J connectivity index is 1.71. The summed E-state index contributed by atoms with van der Waals surface area (Å²) in [4.78, 5) is 17.7. The number of rotatable bonds is 6. The molecule has 0 unspecified atom stereocenters. The fourth-order valence-electron chi connectivity index (χ4n) is 5.48. The Hall–Kier alpha value is -2.31. The number of piperazine rings is 1. The molecule has 0 spiro atoms. The van der Waals surface area contributed by atoms with E-state index in [1.807, 2.05) is 0 Å². The first-order valence-electron chi connectivity index (χ1n) is 12.4. The predicted octanol–water partition coefficient (Wildman–Crippen LogP) is 4.46. The van der Waals surface area contributed by atoms with Gasteiger partial charge in [-0.3, -0.25) is 9.80 Å². The lowest BCUT2D eigenvalue weighted by atomic mass is 9.84. The molecule has 4 rings (SSSR count). The van der Waals surface area contributed by atoms with E-state index in [9.17, 15) is 0 Å². The van der Waals surface area contributed by atoms with Crippen LogP contribution in [0.3, 0.4) is 0 Å². The number of piperidine rings is 1. The summed E-state index contributed by atoms with van der Waals surface area (Å²) in [6, 6.07) is 6.41. The number of anilines is 1. The van der Waals surface area contributed by atoms with Crippen LogP contribution in [-0.2, 0) is 6.54 Å². The Labute approximate surface area is 199 Å². The molecule has 6 heteroatoms. The van der Waals surface area contributed by atoms with Crippen LogP contribution in [0.4, 0.5) is 5.82 Å². The molecule has 1 aromatic heterocycles. The molecule has 33 heavy (non-hydrogen) atoms. The monoisotopic (exact) mass is 448 g/mol. The van der Waals surface area contributed by atoms with Crippen molar-refractivity contribution in [3.63, 3.8) is 0 Å². The molecule has 1 N–H and O–H groups in total. The van der Waals surface area contributed by atoms with Gasteiger partial charge in [-0.15, -0.1) is 0 Å². The molecule has 0 aliphatic carbocycles. The van der Waals surface area contributed by atoms with Crippen molar-refractivity contribution < 1.29 is 0 Å². The zero-order chi connectivity index (χ0) is 23.6. The highest BCUT2D eigenvalue weighted by Gasteiger charge is 2.29. The van der Waals surface area contributed by atoms with Crippen LogP contribution in [-0.4, -0.2) is 71.8 Å². The van der Waals surface area contributed by atoms with Crippen LogP contribution in [0.1, 0.15) is 49.1 Å². The van der Waals surface area contributed by atoms with Gasteiger partial charge in [0.1, 0.15) is 5.82 Å². The first kappa shape index (κ1) is 23.8. The van der Waals surface area contributed by atoms with Gasteiger partial charge in [0.25, 0.3) is 0 Å². The Kier molecular flexibility index (Phi) is 7.15. The number of benzene rings is 1. The zero-order valence-electron chi connectivity index (χ0n) is 21.1. The summed E-state index contributed by atoms with van der Waals surface area (Å²) >= 11 is 0. The van der Waals surface area contributed by atoms with Crippen molar-refractivity contribution >= 4 is 12.0 Å². The SMILES string of the molecule is Cc1cccc(C)c1-c1nc(C)c(CN2CCCC(C)(C)C2)c(N2CCN(CC=N)CC2)n1. The van der Waals surface area contributed by atoms with Crippen LogP contribution >= 0.6 is 0 Å². The molecule has 0 atom stereocenters. The molecule has 0 radical (unpaired) electrons. The lowest BCUT2D eigenvalue weighted by Gasteiger charge is -2.40. The number of aryl methyl sites for hydroxylation is 3. The summed E-state index contributed by atoms with van der Waals surface area (Å²) in [7, 11) is 0. The Morgan fingerprint density at radius 2 is 1.67 bits per heavy atom. The molecule has 0 saturated carbocycles. The standard InChI is InChI=1S/C27H40N6/c1-20-8-6-9-21(2)24(20)25-29-22(3)23(18-32-12-7-10-27(4,5)19-32)26(30-25)33-16-14-31(13-11-28)15-17-33/h6,8-9,11,28H,7,10,12-19H2,1-5H3. The summed E-state index contributed by atoms with van der Waals surface area (Å²) in [5.74, 6) is 1.96. The maximum absolute atomic E-state index is 7.45. The van der Waals surface area contributed by atoms with Gasteiger partial charge in [0.05, 0.1) is 0 Å². The fourth-order valence-corrected chi connectivity index (χ4v) is 5.48. The lowest BCUT2D eigenvalue weighted by molar-refractivity contribution is 0.111. The molecule has 2 fully saturated rings. The first-order valence-corrected chi connectivity index (χ1v) is 12.4. The lowest BCUT2D eigenvalue weighted by Crippen LogP contribution is -2.48. The van der Waals surface area contributed by atoms with Crippen LogP contribution in [0.2, 0.25) is 0 Å². The van der Waals surface area contributed by atoms with Crippen molar-refractivity contribution in [3.8, 4) is 11.4 Å². The van der Waals surface area contributed by atoms with E-state index in [2.05, 4.69) is 67.5 Å². The molecule has 1 aromatic carbocycles. The number of hydrogen-bond acceptors (Lipinski definition) is 6. The summed E-state index contributed by atoms with van der Waals surface area (Å²) in [6.45, 7) is 19.0. The Morgan fingerprint density at radius 1 is 0.970 bits per heavy atom. The highest BCUT2D eigenvalue weighted by Crippen LogP contribution is 2.33. The predicted molar refractivity (Wildman–Crippen MR) is 137 cm³/mol. The van der Waals surface area contributed by atoms with E-state index in [-0.39, 0.29) is 0 Å². The van der Waals surface area contributed by atoms with Gasteiger partial charge >= 0.3 is 0 Å². The maximum Gasteiger partial charge on any atom is 0.162 e. The van der Waals surface area contributed by atoms with Gasteiger partial charge in [0, 0.05) is 68.8 Å². The van der Waals surface area contributed by atoms with Gasteiger partial charge in [0.2, 0.25) is 0 Å². The minimum atomic E-state index is 0.365. The van der Waals surface area contributed by atoms with Crippen LogP contribution in [0.15, 0.2) is 18.2 Å². The van der Waals surface area contributed by atoms with Gasteiger partial charge < -0.3 is 10.3 Å². The minimum absolute atomic E-state index is 0.365. The van der Waals surface area contributed by atoms with Crippen molar-refractivity contribution in [3.05, 3.63) is 40.6 Å². The summed E-state index contributed by atoms with van der Waals surface area (Å²) < 4.78 is 0. The minimum Gasteiger partial charge on any atom is -0.354 e. The van der Waals surface area contributed by atoms with Gasteiger partial charge in [-0.25, -0.2) is 9.97 Å². The van der Waals surface area contributed by atoms with Crippen molar-refractivity contribution in [1.29, 1.82) is 5.41 Å². The second-order valence-corrected chi connectivity index (χ2v) is 10.7. The van der Waals surface area contributed by atoms with E-state index in [1.54, 1.807) is 0 Å². The van der Waals surface area contributed by atoms with Gasteiger partial charge in [0.15, 0.2) is 5.82 Å². The summed E-state index contributed by atoms with van der Waals surface area (Å²) in [5, 5.41) is 7.45. The van der Waals surface area contributed by atoms with Gasteiger partial charge in [-0.2, -0.15) is 0 Å². The van der Waals surface area contributed by atoms with E-state index in [0.717, 1.165) is 75.3 Å². The van der Waals surface area contributed by atoms with E-state index in [4.69, 9.17) is 15.4 Å². The second kappa shape index (κ2) is 9.90. The normalized spacial score (nSPS) is 19.6. The summed E-state index contributed by atoms with van der Waals surface area (Å²) in [5.41, 5.74) is 6.36. The van der Waals surface area contributed by atoms with Crippen LogP contribution in [0.25, 0.3) is 11.4 Å². The summed E-state index contributed by atoms with van der Waals surface area (Å²) in [6.07, 6.45) is 4.06. The molecule has 3 heterocycles. The highest BCUT2D eigenvalue weighted by molar-refractivity contribution is 5.67. The third-order valence-electron chi connectivity index (χ3n) is 7.28. The molecule has 178 valence electrons. The van der Waals surface area contributed by atoms with E-state index in [1.165, 1.54) is 35.7 Å². The third kappa shape index (κ3) is 5.44. The van der Waals surface area contributed by atoms with Crippen LogP contribution in [0, 0.1) is 31.6 Å². The van der Waals surface area contributed by atoms with Crippen molar-refractivity contribution in [2.24, 2.45) is 5.41 Å². The van der Waals surface area contributed by atoms with Crippen molar-refractivity contribution in [1.82, 2.24) is 19.8 Å². The number of nitrogens with one attached hydrogen (secondary N) is 1. The largest absolute Gasteiger partial charge is 0.354 e. The van der Waals surface area contributed by atoms with E-state index in [0.29, 0.717) is 5.41 Å². The van der Waals surface area contributed by atoms with Gasteiger partial charge in [-0.1, -0.05) is 32.0 Å². The number of nitrogens with zero attached hydrogens (tertiary/aromatic N) is 5. The van der Waals surface area contributed by atoms with E-state index >= 15 is 0 Å². The number of aromatic nitrogens is 2. The van der Waals surface area contributed by atoms with E-state index < -0.39 is 0 Å². The number of hydrogen-bond donors (Lipinski definition) is 1. The Morgan fingerprint density at radius 3 is 2.30 bits per heavy atom. The molecule has 0 amide bonds. The molecule has 6 nitrogen and oxygen atoms in total. The average Bonchev–Trinajstić information content (AvgIpc) is 2.75. The second-order valence-electron chi connectivity index (χ2n) is 10.7. The molecule has 0 bridgehead atoms. The quantitative estimate of drug-likeness (QED) is 0.661. The third-order valence-corrected chi connectivity index (χ3v) is 7.28. The van der Waals surface area contributed by atoms with Crippen molar-refractivity contribution in [2.75, 3.05) is 50.7 Å². The average molecular weight is 449 g/mol. The van der Waals surface area contributed by atoms with Crippen LogP contribution < -0.4 is 4.90 Å². The fraction of sp³-hybridized carbons (Fsp3) is 0.593. The van der Waals surface area contributed by atoms with Crippen LogP contribution in [0.5, 0.6) is 0 Å². The molecule has 2 saturated heterocycles. The van der Waals surface area contributed by atoms with Gasteiger partial charge in [-0.05, 0) is 56.7 Å². The molecule has 2 aromatic rings. The van der Waals surface area contributed by atoms with Crippen molar-refractivity contribution in [2.45, 2.75) is 54.0 Å². The topological polar surface area (TPSA) is 59.4 Å². The molecule has 2 aliphatic rings. The number of likely N-dealkylation sites (tertiary alicyclic amines) is 1. The highest BCUT2D eigenvalue weighted by atomic mass is 15.3. The zero-order valence-corrected chi connectivity index (χ0v) is 21.1. The molecular weight excluding hydrogens is 408 g/mol. The maximum atomic E-state index is 7.45.